The maximum absolute atomic E-state index is 12.2. The number of ether oxygens (including phenoxy) is 2. The Labute approximate surface area is 159 Å². The zero-order chi connectivity index (χ0) is 18.6. The highest BCUT2D eigenvalue weighted by atomic mass is 32.2. The maximum atomic E-state index is 12.2. The lowest BCUT2D eigenvalue weighted by atomic mass is 10.3. The predicted molar refractivity (Wildman–Crippen MR) is 101 cm³/mol. The summed E-state index contributed by atoms with van der Waals surface area (Å²) in [5, 5.41) is 12.0. The molecular weight excluding hydrogens is 366 g/mol. The van der Waals surface area contributed by atoms with E-state index in [4.69, 9.17) is 9.47 Å². The first kappa shape index (κ1) is 17.3. The molecule has 3 aromatic rings. The number of carbonyl (C=O) groups is 1. The third kappa shape index (κ3) is 3.59. The standard InChI is InChI=1S/C18H17N5O3S/c1-2-23-17(15-16-13(8-9-19-15)25-11-26-16)21-22-18(23)27-10-14(24)20-12-6-4-3-5-7-12/h3-9H,2,10-11H2,1H3,(H,20,24). The first-order chi connectivity index (χ1) is 13.3. The zero-order valence-electron chi connectivity index (χ0n) is 14.6. The van der Waals surface area contributed by atoms with Gasteiger partial charge in [0.1, 0.15) is 0 Å². The number of fused-ring (bicyclic) bond motifs is 1. The SMILES string of the molecule is CCn1c(SCC(=O)Nc2ccccc2)nnc1-c1nccc2c1OCO2. The van der Waals surface area contributed by atoms with Crippen molar-refractivity contribution in [3.63, 3.8) is 0 Å². The molecule has 1 aliphatic heterocycles. The minimum Gasteiger partial charge on any atom is -0.453 e. The van der Waals surface area contributed by atoms with E-state index < -0.39 is 0 Å². The van der Waals surface area contributed by atoms with Gasteiger partial charge in [0.2, 0.25) is 12.7 Å². The Morgan fingerprint density at radius 1 is 1.22 bits per heavy atom. The van der Waals surface area contributed by atoms with Gasteiger partial charge in [0.25, 0.3) is 0 Å². The van der Waals surface area contributed by atoms with Gasteiger partial charge >= 0.3 is 0 Å². The molecule has 0 bridgehead atoms. The highest BCUT2D eigenvalue weighted by Crippen LogP contribution is 2.39. The summed E-state index contributed by atoms with van der Waals surface area (Å²) >= 11 is 1.33. The van der Waals surface area contributed by atoms with Crippen LogP contribution in [0.2, 0.25) is 0 Å². The quantitative estimate of drug-likeness (QED) is 0.655. The lowest BCUT2D eigenvalue weighted by Gasteiger charge is -2.08. The lowest BCUT2D eigenvalue weighted by Crippen LogP contribution is -2.14. The van der Waals surface area contributed by atoms with E-state index in [1.807, 2.05) is 41.8 Å². The minimum absolute atomic E-state index is 0.103. The number of carbonyl (C=O) groups excluding carboxylic acids is 1. The van der Waals surface area contributed by atoms with Crippen molar-refractivity contribution < 1.29 is 14.3 Å². The van der Waals surface area contributed by atoms with Gasteiger partial charge in [-0.1, -0.05) is 30.0 Å². The van der Waals surface area contributed by atoms with Crippen LogP contribution in [0.1, 0.15) is 6.92 Å². The van der Waals surface area contributed by atoms with Crippen molar-refractivity contribution in [2.24, 2.45) is 0 Å². The Kier molecular flexibility index (Phi) is 4.93. The van der Waals surface area contributed by atoms with Crippen LogP contribution in [0.3, 0.4) is 0 Å². The van der Waals surface area contributed by atoms with Gasteiger partial charge in [-0.05, 0) is 19.1 Å². The first-order valence-electron chi connectivity index (χ1n) is 8.42. The molecule has 9 heteroatoms. The minimum atomic E-state index is -0.103. The van der Waals surface area contributed by atoms with E-state index in [1.54, 1.807) is 12.3 Å². The molecule has 0 spiro atoms. The Morgan fingerprint density at radius 3 is 2.89 bits per heavy atom. The van der Waals surface area contributed by atoms with Gasteiger partial charge in [-0.3, -0.25) is 4.79 Å². The van der Waals surface area contributed by atoms with Gasteiger partial charge < -0.3 is 19.4 Å². The summed E-state index contributed by atoms with van der Waals surface area (Å²) in [6, 6.07) is 11.1. The second kappa shape index (κ2) is 7.67. The molecule has 138 valence electrons. The number of amides is 1. The van der Waals surface area contributed by atoms with Crippen LogP contribution in [0.15, 0.2) is 47.8 Å². The zero-order valence-corrected chi connectivity index (χ0v) is 15.4. The Morgan fingerprint density at radius 2 is 2.07 bits per heavy atom. The number of aromatic nitrogens is 4. The highest BCUT2D eigenvalue weighted by Gasteiger charge is 2.24. The number of thioether (sulfide) groups is 1. The van der Waals surface area contributed by atoms with E-state index in [9.17, 15) is 4.79 Å². The predicted octanol–water partition coefficient (Wildman–Crippen LogP) is 2.82. The Balaban J connectivity index is 1.50. The van der Waals surface area contributed by atoms with Gasteiger partial charge in [-0.2, -0.15) is 0 Å². The van der Waals surface area contributed by atoms with Crippen LogP contribution in [-0.4, -0.2) is 38.2 Å². The molecule has 0 saturated carbocycles. The fraction of sp³-hybridized carbons (Fsp3) is 0.222. The van der Waals surface area contributed by atoms with E-state index >= 15 is 0 Å². The number of rotatable bonds is 6. The van der Waals surface area contributed by atoms with Crippen molar-refractivity contribution in [2.75, 3.05) is 17.9 Å². The van der Waals surface area contributed by atoms with E-state index in [0.717, 1.165) is 5.69 Å². The summed E-state index contributed by atoms with van der Waals surface area (Å²) in [5.41, 5.74) is 1.35. The van der Waals surface area contributed by atoms with Gasteiger partial charge in [0, 0.05) is 24.5 Å². The largest absolute Gasteiger partial charge is 0.453 e. The van der Waals surface area contributed by atoms with Crippen LogP contribution in [0.25, 0.3) is 11.5 Å². The van der Waals surface area contributed by atoms with Crippen molar-refractivity contribution in [3.05, 3.63) is 42.6 Å². The summed E-state index contributed by atoms with van der Waals surface area (Å²) in [4.78, 5) is 16.6. The number of hydrogen-bond acceptors (Lipinski definition) is 7. The van der Waals surface area contributed by atoms with Crippen LogP contribution in [-0.2, 0) is 11.3 Å². The van der Waals surface area contributed by atoms with Gasteiger partial charge in [-0.25, -0.2) is 4.98 Å². The van der Waals surface area contributed by atoms with E-state index in [0.29, 0.717) is 34.7 Å². The van der Waals surface area contributed by atoms with Crippen molar-refractivity contribution in [2.45, 2.75) is 18.6 Å². The molecule has 3 heterocycles. The number of nitrogens with zero attached hydrogens (tertiary/aromatic N) is 4. The van der Waals surface area contributed by atoms with E-state index in [-0.39, 0.29) is 18.5 Å². The van der Waals surface area contributed by atoms with E-state index in [2.05, 4.69) is 20.5 Å². The second-order valence-corrected chi connectivity index (χ2v) is 6.59. The molecule has 0 radical (unpaired) electrons. The van der Waals surface area contributed by atoms with E-state index in [1.165, 1.54) is 11.8 Å². The third-order valence-electron chi connectivity index (χ3n) is 3.92. The second-order valence-electron chi connectivity index (χ2n) is 5.65. The van der Waals surface area contributed by atoms with Crippen LogP contribution in [0.5, 0.6) is 11.5 Å². The van der Waals surface area contributed by atoms with Gasteiger partial charge in [0.15, 0.2) is 28.2 Å². The summed E-state index contributed by atoms with van der Waals surface area (Å²) in [6.07, 6.45) is 1.65. The fourth-order valence-corrected chi connectivity index (χ4v) is 3.50. The maximum Gasteiger partial charge on any atom is 0.234 e. The van der Waals surface area contributed by atoms with Crippen LogP contribution >= 0.6 is 11.8 Å². The molecule has 27 heavy (non-hydrogen) atoms. The number of anilines is 1. The first-order valence-corrected chi connectivity index (χ1v) is 9.40. The Bertz CT molecular complexity index is 961. The summed E-state index contributed by atoms with van der Waals surface area (Å²) < 4.78 is 12.8. The number of nitrogens with one attached hydrogen (secondary N) is 1. The average molecular weight is 383 g/mol. The van der Waals surface area contributed by atoms with Crippen molar-refractivity contribution in [1.29, 1.82) is 0 Å². The Hall–Kier alpha value is -3.07. The molecule has 1 N–H and O–H groups in total. The molecule has 1 aliphatic rings. The number of pyridine rings is 1. The molecule has 1 amide bonds. The monoisotopic (exact) mass is 383 g/mol. The number of para-hydroxylation sites is 1. The lowest BCUT2D eigenvalue weighted by molar-refractivity contribution is -0.113. The van der Waals surface area contributed by atoms with Crippen LogP contribution in [0, 0.1) is 0 Å². The molecule has 0 unspecified atom stereocenters. The van der Waals surface area contributed by atoms with Crippen LogP contribution < -0.4 is 14.8 Å². The summed E-state index contributed by atoms with van der Waals surface area (Å²) in [7, 11) is 0. The van der Waals surface area contributed by atoms with Crippen LogP contribution in [0.4, 0.5) is 5.69 Å². The van der Waals surface area contributed by atoms with Crippen molar-refractivity contribution >= 4 is 23.4 Å². The van der Waals surface area contributed by atoms with Crippen molar-refractivity contribution in [1.82, 2.24) is 19.7 Å². The number of hydrogen-bond donors (Lipinski definition) is 1. The highest BCUT2D eigenvalue weighted by molar-refractivity contribution is 7.99. The molecule has 8 nitrogen and oxygen atoms in total. The molecule has 4 rings (SSSR count). The average Bonchev–Trinajstić information content (AvgIpc) is 3.33. The normalized spacial score (nSPS) is 12.2. The number of benzene rings is 1. The van der Waals surface area contributed by atoms with Crippen molar-refractivity contribution in [3.8, 4) is 23.0 Å². The molecule has 0 aliphatic carbocycles. The topological polar surface area (TPSA) is 91.2 Å². The molecule has 0 atom stereocenters. The third-order valence-corrected chi connectivity index (χ3v) is 4.89. The summed E-state index contributed by atoms with van der Waals surface area (Å²) in [6.45, 7) is 2.79. The van der Waals surface area contributed by atoms with Gasteiger partial charge in [-0.15, -0.1) is 10.2 Å². The molecule has 0 fully saturated rings. The summed E-state index contributed by atoms with van der Waals surface area (Å²) in [5.74, 6) is 1.92. The molecular formula is C18H17N5O3S. The van der Waals surface area contributed by atoms with Gasteiger partial charge in [0.05, 0.1) is 5.75 Å². The smallest absolute Gasteiger partial charge is 0.234 e. The molecule has 2 aromatic heterocycles. The molecule has 1 aromatic carbocycles. The fourth-order valence-electron chi connectivity index (χ4n) is 2.70. The molecule has 0 saturated heterocycles.